The molecule has 2 aliphatic heterocycles. The lowest BCUT2D eigenvalue weighted by Gasteiger charge is -2.42. The Labute approximate surface area is 189 Å². The Balaban J connectivity index is 0.000000523. The van der Waals surface area contributed by atoms with Crippen molar-refractivity contribution in [2.24, 2.45) is 0 Å². The van der Waals surface area contributed by atoms with E-state index < -0.39 is 7.82 Å². The van der Waals surface area contributed by atoms with Crippen LogP contribution in [0.4, 0.5) is 17.1 Å². The number of phosphoric acid groups is 1. The van der Waals surface area contributed by atoms with Crippen molar-refractivity contribution >= 4 is 30.8 Å². The summed E-state index contributed by atoms with van der Waals surface area (Å²) in [4.78, 5) is 41.7. The highest BCUT2D eigenvalue weighted by Crippen LogP contribution is 2.38. The normalized spacial score (nSPS) is 20.1. The topological polar surface area (TPSA) is 105 Å². The zero-order valence-electron chi connectivity index (χ0n) is 18.5. The molecule has 0 radical (unpaired) electrons. The molecule has 8 nitrogen and oxygen atoms in total. The maximum absolute atomic E-state index is 13.4. The highest BCUT2D eigenvalue weighted by atomic mass is 31.2. The molecule has 1 saturated heterocycles. The van der Waals surface area contributed by atoms with Gasteiger partial charge in [0.1, 0.15) is 0 Å². The van der Waals surface area contributed by atoms with Gasteiger partial charge in [-0.15, -0.1) is 0 Å². The van der Waals surface area contributed by atoms with E-state index in [0.29, 0.717) is 6.04 Å². The summed E-state index contributed by atoms with van der Waals surface area (Å²) < 4.78 is 8.88. The standard InChI is InChI=1S/C23H29N3O.H3O4P/c1-18-10-8-9-15-24(18)19(2)23(27)26-17-16-25(20-11-4-3-5-12-20)21-13-6-7-14-22(21)26;1-5(2,3)4/h3-7,11-14,18-19H,8-10,15-17H2,1-2H3;(H3,1,2,3,4)/t18-,19?;/m1./s1. The van der Waals surface area contributed by atoms with Gasteiger partial charge in [-0.25, -0.2) is 4.57 Å². The highest BCUT2D eigenvalue weighted by molar-refractivity contribution is 7.45. The monoisotopic (exact) mass is 461 g/mol. The zero-order chi connectivity index (χ0) is 23.3. The van der Waals surface area contributed by atoms with Gasteiger partial charge in [-0.2, -0.15) is 0 Å². The molecule has 0 spiro atoms. The molecule has 4 rings (SSSR count). The number of benzene rings is 2. The van der Waals surface area contributed by atoms with Gasteiger partial charge in [-0.1, -0.05) is 36.8 Å². The van der Waals surface area contributed by atoms with Crippen LogP contribution in [0.3, 0.4) is 0 Å². The Bertz CT molecular complexity index is 943. The molecule has 0 aromatic heterocycles. The number of anilines is 3. The van der Waals surface area contributed by atoms with Crippen LogP contribution in [-0.2, 0) is 9.36 Å². The first-order valence-electron chi connectivity index (χ1n) is 10.9. The summed E-state index contributed by atoms with van der Waals surface area (Å²) in [7, 11) is -4.64. The first-order valence-corrected chi connectivity index (χ1v) is 12.5. The minimum atomic E-state index is -4.64. The van der Waals surface area contributed by atoms with E-state index >= 15 is 0 Å². The van der Waals surface area contributed by atoms with E-state index in [1.54, 1.807) is 0 Å². The van der Waals surface area contributed by atoms with Gasteiger partial charge in [0.15, 0.2) is 0 Å². The quantitative estimate of drug-likeness (QED) is 0.601. The van der Waals surface area contributed by atoms with Gasteiger partial charge in [-0.05, 0) is 57.5 Å². The van der Waals surface area contributed by atoms with E-state index in [-0.39, 0.29) is 11.9 Å². The van der Waals surface area contributed by atoms with Crippen LogP contribution in [0, 0.1) is 0 Å². The first kappa shape index (κ1) is 24.4. The van der Waals surface area contributed by atoms with Crippen LogP contribution >= 0.6 is 7.82 Å². The highest BCUT2D eigenvalue weighted by Gasteiger charge is 2.34. The van der Waals surface area contributed by atoms with E-state index in [1.165, 1.54) is 24.9 Å². The van der Waals surface area contributed by atoms with Gasteiger partial charge in [0, 0.05) is 24.8 Å². The maximum atomic E-state index is 13.4. The number of hydrogen-bond acceptors (Lipinski definition) is 4. The summed E-state index contributed by atoms with van der Waals surface area (Å²) in [5.41, 5.74) is 3.31. The third-order valence-electron chi connectivity index (χ3n) is 6.05. The van der Waals surface area contributed by atoms with Crippen LogP contribution in [0.1, 0.15) is 33.1 Å². The van der Waals surface area contributed by atoms with Crippen molar-refractivity contribution in [2.45, 2.75) is 45.2 Å². The molecule has 0 saturated carbocycles. The molecule has 1 fully saturated rings. The number of fused-ring (bicyclic) bond motifs is 1. The predicted molar refractivity (Wildman–Crippen MR) is 126 cm³/mol. The summed E-state index contributed by atoms with van der Waals surface area (Å²) in [6.45, 7) is 6.90. The van der Waals surface area contributed by atoms with Gasteiger partial charge >= 0.3 is 7.82 Å². The number of rotatable bonds is 3. The van der Waals surface area contributed by atoms with E-state index in [0.717, 1.165) is 31.0 Å². The van der Waals surface area contributed by atoms with E-state index in [2.05, 4.69) is 66.1 Å². The number of hydrogen-bond donors (Lipinski definition) is 3. The number of piperidine rings is 1. The minimum Gasteiger partial charge on any atom is -0.338 e. The number of amides is 1. The van der Waals surface area contributed by atoms with E-state index in [4.69, 9.17) is 19.2 Å². The largest absolute Gasteiger partial charge is 0.466 e. The fraction of sp³-hybridized carbons (Fsp3) is 0.435. The van der Waals surface area contributed by atoms with Crippen LogP contribution in [0.15, 0.2) is 54.6 Å². The average molecular weight is 461 g/mol. The summed E-state index contributed by atoms with van der Waals surface area (Å²) in [6.07, 6.45) is 3.66. The van der Waals surface area contributed by atoms with E-state index in [1.807, 2.05) is 17.0 Å². The minimum absolute atomic E-state index is 0.0726. The molecule has 1 amide bonds. The third-order valence-corrected chi connectivity index (χ3v) is 6.05. The van der Waals surface area contributed by atoms with Crippen LogP contribution in [0.2, 0.25) is 0 Å². The Morgan fingerprint density at radius 2 is 1.53 bits per heavy atom. The van der Waals surface area contributed by atoms with Gasteiger partial charge in [-0.3, -0.25) is 9.69 Å². The molecule has 32 heavy (non-hydrogen) atoms. The molecule has 2 aliphatic rings. The second-order valence-electron chi connectivity index (χ2n) is 8.24. The molecule has 2 aromatic rings. The summed E-state index contributed by atoms with van der Waals surface area (Å²) in [5, 5.41) is 0. The van der Waals surface area contributed by atoms with Gasteiger partial charge in [0.2, 0.25) is 5.91 Å². The molecule has 9 heteroatoms. The number of carbonyl (C=O) groups excluding carboxylic acids is 1. The molecule has 0 aliphatic carbocycles. The van der Waals surface area contributed by atoms with Gasteiger partial charge in [0.05, 0.1) is 17.4 Å². The van der Waals surface area contributed by atoms with Crippen molar-refractivity contribution < 1.29 is 24.0 Å². The fourth-order valence-corrected chi connectivity index (χ4v) is 4.53. The van der Waals surface area contributed by atoms with Crippen LogP contribution < -0.4 is 9.80 Å². The summed E-state index contributed by atoms with van der Waals surface area (Å²) >= 11 is 0. The van der Waals surface area contributed by atoms with Crippen LogP contribution in [-0.4, -0.2) is 57.2 Å². The van der Waals surface area contributed by atoms with Crippen molar-refractivity contribution in [2.75, 3.05) is 29.4 Å². The van der Waals surface area contributed by atoms with E-state index in [9.17, 15) is 4.79 Å². The SMILES string of the molecule is CC(C(=O)N1CCN(c2ccccc2)c2ccccc21)N1CCCC[C@H]1C.O=P(O)(O)O. The number of carbonyl (C=O) groups is 1. The maximum Gasteiger partial charge on any atom is 0.466 e. The summed E-state index contributed by atoms with van der Waals surface area (Å²) in [5.74, 6) is 0.226. The van der Waals surface area contributed by atoms with Gasteiger partial charge < -0.3 is 24.5 Å². The van der Waals surface area contributed by atoms with Crippen molar-refractivity contribution in [3.8, 4) is 0 Å². The van der Waals surface area contributed by atoms with Crippen molar-refractivity contribution in [3.05, 3.63) is 54.6 Å². The first-order chi connectivity index (χ1) is 15.2. The predicted octanol–water partition coefficient (Wildman–Crippen LogP) is 3.51. The number of nitrogens with zero attached hydrogens (tertiary/aromatic N) is 3. The van der Waals surface area contributed by atoms with Crippen LogP contribution in [0.25, 0.3) is 0 Å². The Kier molecular flexibility index (Phi) is 8.09. The van der Waals surface area contributed by atoms with Crippen molar-refractivity contribution in [1.29, 1.82) is 0 Å². The van der Waals surface area contributed by atoms with Crippen molar-refractivity contribution in [3.63, 3.8) is 0 Å². The molecular weight excluding hydrogens is 429 g/mol. The fourth-order valence-electron chi connectivity index (χ4n) is 4.53. The smallest absolute Gasteiger partial charge is 0.338 e. The Morgan fingerprint density at radius 3 is 2.16 bits per heavy atom. The molecule has 3 N–H and O–H groups in total. The molecule has 2 heterocycles. The number of likely N-dealkylation sites (tertiary alicyclic amines) is 1. The molecular formula is C23H32N3O5P. The Morgan fingerprint density at radius 1 is 0.938 bits per heavy atom. The Hall–Kier alpha value is -2.22. The van der Waals surface area contributed by atoms with Crippen molar-refractivity contribution in [1.82, 2.24) is 4.90 Å². The second-order valence-corrected chi connectivity index (χ2v) is 9.26. The number of para-hydroxylation sites is 3. The molecule has 0 bridgehead atoms. The average Bonchev–Trinajstić information content (AvgIpc) is 2.77. The second kappa shape index (κ2) is 10.6. The summed E-state index contributed by atoms with van der Waals surface area (Å²) in [6, 6.07) is 19.1. The molecule has 1 unspecified atom stereocenters. The lowest BCUT2D eigenvalue weighted by atomic mass is 10.0. The molecule has 2 aromatic carbocycles. The van der Waals surface area contributed by atoms with Gasteiger partial charge in [0.25, 0.3) is 0 Å². The zero-order valence-corrected chi connectivity index (χ0v) is 19.4. The van der Waals surface area contributed by atoms with Crippen LogP contribution in [0.5, 0.6) is 0 Å². The molecule has 2 atom stereocenters. The lowest BCUT2D eigenvalue weighted by molar-refractivity contribution is -0.124. The molecule has 174 valence electrons. The lowest BCUT2D eigenvalue weighted by Crippen LogP contribution is -2.54. The third kappa shape index (κ3) is 6.18.